The second kappa shape index (κ2) is 12.5. The average Bonchev–Trinajstić information content (AvgIpc) is 3.61. The second-order valence-corrected chi connectivity index (χ2v) is 13.3. The molecule has 10 aromatic rings. The molecule has 2 heteroatoms. The topological polar surface area (TPSA) is 16.4 Å². The second-order valence-electron chi connectivity index (χ2n) is 13.3. The minimum atomic E-state index is 0.899. The van der Waals surface area contributed by atoms with Gasteiger partial charge in [0, 0.05) is 38.7 Å². The van der Waals surface area contributed by atoms with E-state index < -0.39 is 0 Å². The lowest BCUT2D eigenvalue weighted by Gasteiger charge is -2.31. The van der Waals surface area contributed by atoms with Crippen molar-refractivity contribution >= 4 is 60.5 Å². The van der Waals surface area contributed by atoms with Gasteiger partial charge < -0.3 is 9.32 Å². The van der Waals surface area contributed by atoms with E-state index in [4.69, 9.17) is 4.42 Å². The normalized spacial score (nSPS) is 11.5. The SMILES string of the molecule is c1ccc(-c2cccc(N(c3cccc(-c4cccc5c4oc4ccccc45)c3)c3c(-c4ccccc4)c4ccccc4c4ccccc34)c2)cc1. The number of anilines is 3. The van der Waals surface area contributed by atoms with Gasteiger partial charge in [0.25, 0.3) is 0 Å². The van der Waals surface area contributed by atoms with Crippen molar-refractivity contribution in [3.63, 3.8) is 0 Å². The maximum Gasteiger partial charge on any atom is 0.143 e. The van der Waals surface area contributed by atoms with Gasteiger partial charge in [0.2, 0.25) is 0 Å². The fourth-order valence-electron chi connectivity index (χ4n) is 7.90. The maximum absolute atomic E-state index is 6.54. The molecule has 244 valence electrons. The van der Waals surface area contributed by atoms with Crippen molar-refractivity contribution in [3.8, 4) is 33.4 Å². The number of hydrogen-bond donors (Lipinski definition) is 0. The van der Waals surface area contributed by atoms with E-state index >= 15 is 0 Å². The molecule has 1 heterocycles. The third-order valence-electron chi connectivity index (χ3n) is 10.2. The van der Waals surface area contributed by atoms with Gasteiger partial charge in [-0.1, -0.05) is 170 Å². The highest BCUT2D eigenvalue weighted by molar-refractivity contribution is 6.22. The molecule has 0 spiro atoms. The molecule has 10 rings (SSSR count). The van der Waals surface area contributed by atoms with E-state index in [9.17, 15) is 0 Å². The first-order valence-electron chi connectivity index (χ1n) is 17.8. The molecule has 0 amide bonds. The van der Waals surface area contributed by atoms with Crippen LogP contribution in [0.1, 0.15) is 0 Å². The summed E-state index contributed by atoms with van der Waals surface area (Å²) in [7, 11) is 0. The first-order chi connectivity index (χ1) is 25.8. The molecule has 0 saturated heterocycles. The lowest BCUT2D eigenvalue weighted by molar-refractivity contribution is 0.670. The van der Waals surface area contributed by atoms with Crippen LogP contribution >= 0.6 is 0 Å². The van der Waals surface area contributed by atoms with Crippen LogP contribution in [0.15, 0.2) is 205 Å². The van der Waals surface area contributed by atoms with Gasteiger partial charge in [-0.15, -0.1) is 0 Å². The number of benzene rings is 9. The van der Waals surface area contributed by atoms with Gasteiger partial charge in [0.1, 0.15) is 11.2 Å². The monoisotopic (exact) mass is 663 g/mol. The molecule has 0 aliphatic carbocycles. The summed E-state index contributed by atoms with van der Waals surface area (Å²) in [6.07, 6.45) is 0. The van der Waals surface area contributed by atoms with E-state index in [1.165, 1.54) is 38.2 Å². The van der Waals surface area contributed by atoms with Crippen molar-refractivity contribution in [2.45, 2.75) is 0 Å². The molecule has 0 aliphatic rings. The Bertz CT molecular complexity index is 2910. The van der Waals surface area contributed by atoms with Gasteiger partial charge in [0.05, 0.1) is 5.69 Å². The summed E-state index contributed by atoms with van der Waals surface area (Å²) in [4.78, 5) is 2.46. The maximum atomic E-state index is 6.54. The average molecular weight is 664 g/mol. The summed E-state index contributed by atoms with van der Waals surface area (Å²) < 4.78 is 6.54. The van der Waals surface area contributed by atoms with E-state index in [-0.39, 0.29) is 0 Å². The highest BCUT2D eigenvalue weighted by Gasteiger charge is 2.24. The van der Waals surface area contributed by atoms with Gasteiger partial charge in [-0.2, -0.15) is 0 Å². The zero-order chi connectivity index (χ0) is 34.4. The van der Waals surface area contributed by atoms with Gasteiger partial charge >= 0.3 is 0 Å². The molecule has 0 radical (unpaired) electrons. The van der Waals surface area contributed by atoms with Crippen molar-refractivity contribution in [3.05, 3.63) is 200 Å². The number of fused-ring (bicyclic) bond motifs is 6. The highest BCUT2D eigenvalue weighted by atomic mass is 16.3. The number of rotatable bonds is 6. The van der Waals surface area contributed by atoms with Crippen LogP contribution in [0, 0.1) is 0 Å². The van der Waals surface area contributed by atoms with Crippen LogP contribution in [-0.2, 0) is 0 Å². The van der Waals surface area contributed by atoms with E-state index in [0.29, 0.717) is 0 Å². The summed E-state index contributed by atoms with van der Waals surface area (Å²) in [6, 6.07) is 71.7. The van der Waals surface area contributed by atoms with Crippen LogP contribution in [0.3, 0.4) is 0 Å². The fourth-order valence-corrected chi connectivity index (χ4v) is 7.90. The zero-order valence-electron chi connectivity index (χ0n) is 28.4. The molecule has 1 aromatic heterocycles. The molecule has 0 aliphatic heterocycles. The standard InChI is InChI=1S/C50H33NO/c1-3-16-34(17-4-1)36-20-13-22-38(32-36)51(39-23-14-21-37(33-39)40-29-15-30-46-43-26-11-12-31-47(43)52-50(40)46)49-45-28-10-8-25-42(45)41-24-7-9-27-44(41)48(49)35-18-5-2-6-19-35/h1-33H. The zero-order valence-corrected chi connectivity index (χ0v) is 28.4. The Balaban J connectivity index is 1.29. The summed E-state index contributed by atoms with van der Waals surface area (Å²) in [5.41, 5.74) is 12.0. The van der Waals surface area contributed by atoms with E-state index in [0.717, 1.165) is 55.7 Å². The fraction of sp³-hybridized carbons (Fsp3) is 0. The van der Waals surface area contributed by atoms with Gasteiger partial charge in [-0.05, 0) is 68.7 Å². The first kappa shape index (κ1) is 30.0. The van der Waals surface area contributed by atoms with E-state index in [2.05, 4.69) is 193 Å². The molecule has 0 N–H and O–H groups in total. The van der Waals surface area contributed by atoms with Crippen LogP contribution in [0.4, 0.5) is 17.1 Å². The molecule has 2 nitrogen and oxygen atoms in total. The predicted octanol–water partition coefficient (Wildman–Crippen LogP) is 14.4. The van der Waals surface area contributed by atoms with Crippen LogP contribution in [0.2, 0.25) is 0 Å². The van der Waals surface area contributed by atoms with Gasteiger partial charge in [-0.3, -0.25) is 0 Å². The smallest absolute Gasteiger partial charge is 0.143 e. The van der Waals surface area contributed by atoms with E-state index in [1.807, 2.05) is 12.1 Å². The molecule has 0 bridgehead atoms. The van der Waals surface area contributed by atoms with E-state index in [1.54, 1.807) is 0 Å². The highest BCUT2D eigenvalue weighted by Crippen LogP contribution is 2.50. The summed E-state index contributed by atoms with van der Waals surface area (Å²) in [6.45, 7) is 0. The Hall–Kier alpha value is -6.90. The van der Waals surface area contributed by atoms with Gasteiger partial charge in [0.15, 0.2) is 0 Å². The molecule has 9 aromatic carbocycles. The summed E-state index contributed by atoms with van der Waals surface area (Å²) >= 11 is 0. The molecule has 0 atom stereocenters. The molecular weight excluding hydrogens is 631 g/mol. The van der Waals surface area contributed by atoms with Crippen molar-refractivity contribution in [1.29, 1.82) is 0 Å². The molecule has 0 unspecified atom stereocenters. The number of nitrogens with zero attached hydrogens (tertiary/aromatic N) is 1. The summed E-state index contributed by atoms with van der Waals surface area (Å²) in [5, 5.41) is 7.12. The Morgan fingerprint density at radius 3 is 1.56 bits per heavy atom. The minimum Gasteiger partial charge on any atom is -0.455 e. The molecule has 0 saturated carbocycles. The van der Waals surface area contributed by atoms with Crippen LogP contribution in [0.5, 0.6) is 0 Å². The Morgan fingerprint density at radius 1 is 0.327 bits per heavy atom. The molecular formula is C50H33NO. The van der Waals surface area contributed by atoms with Crippen molar-refractivity contribution in [2.75, 3.05) is 4.90 Å². The molecule has 0 fully saturated rings. The number of hydrogen-bond acceptors (Lipinski definition) is 2. The van der Waals surface area contributed by atoms with Crippen LogP contribution in [0.25, 0.3) is 76.9 Å². The quantitative estimate of drug-likeness (QED) is 0.165. The third kappa shape index (κ3) is 4.96. The Labute approximate surface area is 302 Å². The minimum absolute atomic E-state index is 0.899. The number of para-hydroxylation sites is 2. The molecule has 52 heavy (non-hydrogen) atoms. The third-order valence-corrected chi connectivity index (χ3v) is 10.2. The van der Waals surface area contributed by atoms with Crippen molar-refractivity contribution < 1.29 is 4.42 Å². The number of furan rings is 1. The van der Waals surface area contributed by atoms with Crippen molar-refractivity contribution in [2.24, 2.45) is 0 Å². The Kier molecular flexibility index (Phi) is 7.18. The van der Waals surface area contributed by atoms with Crippen LogP contribution < -0.4 is 4.90 Å². The first-order valence-corrected chi connectivity index (χ1v) is 17.8. The Morgan fingerprint density at radius 2 is 0.827 bits per heavy atom. The predicted molar refractivity (Wildman–Crippen MR) is 220 cm³/mol. The lowest BCUT2D eigenvalue weighted by atomic mass is 9.89. The summed E-state index contributed by atoms with van der Waals surface area (Å²) in [5.74, 6) is 0. The van der Waals surface area contributed by atoms with Crippen LogP contribution in [-0.4, -0.2) is 0 Å². The lowest BCUT2D eigenvalue weighted by Crippen LogP contribution is -2.12. The van der Waals surface area contributed by atoms with Gasteiger partial charge in [-0.25, -0.2) is 0 Å². The largest absolute Gasteiger partial charge is 0.455 e. The van der Waals surface area contributed by atoms with Crippen molar-refractivity contribution in [1.82, 2.24) is 0 Å².